The zero-order valence-corrected chi connectivity index (χ0v) is 14.6. The Hall–Kier alpha value is -1.07. The van der Waals surface area contributed by atoms with Crippen LogP contribution < -0.4 is 14.8 Å². The van der Waals surface area contributed by atoms with Crippen LogP contribution in [0.2, 0.25) is 5.02 Å². The molecular formula is C17H21ClN2O2S. The predicted octanol–water partition coefficient (Wildman–Crippen LogP) is 4.00. The Balaban J connectivity index is 1.43. The molecule has 23 heavy (non-hydrogen) atoms. The third-order valence-corrected chi connectivity index (χ3v) is 5.81. The first-order valence-corrected chi connectivity index (χ1v) is 9.71. The van der Waals surface area contributed by atoms with Crippen LogP contribution in [0.1, 0.15) is 37.7 Å². The van der Waals surface area contributed by atoms with Gasteiger partial charge in [-0.3, -0.25) is 4.99 Å². The van der Waals surface area contributed by atoms with Gasteiger partial charge in [-0.25, -0.2) is 0 Å². The van der Waals surface area contributed by atoms with Crippen LogP contribution in [0.4, 0.5) is 0 Å². The van der Waals surface area contributed by atoms with Crippen molar-refractivity contribution < 1.29 is 9.47 Å². The van der Waals surface area contributed by atoms with Crippen molar-refractivity contribution >= 4 is 28.5 Å². The molecule has 0 aromatic heterocycles. The highest BCUT2D eigenvalue weighted by molar-refractivity contribution is 8.13. The van der Waals surface area contributed by atoms with E-state index in [4.69, 9.17) is 26.1 Å². The zero-order chi connectivity index (χ0) is 15.6. The number of halogens is 1. The Morgan fingerprint density at radius 2 is 2.04 bits per heavy atom. The second-order valence-electron chi connectivity index (χ2n) is 6.28. The van der Waals surface area contributed by atoms with E-state index in [-0.39, 0.29) is 0 Å². The van der Waals surface area contributed by atoms with Crippen LogP contribution in [0.25, 0.3) is 0 Å². The lowest BCUT2D eigenvalue weighted by molar-refractivity contribution is 0.297. The molecule has 1 aliphatic carbocycles. The first-order valence-electron chi connectivity index (χ1n) is 8.35. The summed E-state index contributed by atoms with van der Waals surface area (Å²) >= 11 is 8.11. The molecule has 1 saturated carbocycles. The maximum Gasteiger partial charge on any atom is 0.179 e. The maximum atomic E-state index is 6.35. The van der Waals surface area contributed by atoms with Gasteiger partial charge in [0.25, 0.3) is 0 Å². The van der Waals surface area contributed by atoms with Crippen molar-refractivity contribution in [2.24, 2.45) is 4.99 Å². The van der Waals surface area contributed by atoms with Gasteiger partial charge in [-0.15, -0.1) is 0 Å². The highest BCUT2D eigenvalue weighted by atomic mass is 35.5. The van der Waals surface area contributed by atoms with Crippen molar-refractivity contribution in [1.82, 2.24) is 5.32 Å². The summed E-state index contributed by atoms with van der Waals surface area (Å²) in [6.45, 7) is 1.34. The molecule has 0 bridgehead atoms. The van der Waals surface area contributed by atoms with Crippen LogP contribution in [0.3, 0.4) is 0 Å². The van der Waals surface area contributed by atoms with Crippen LogP contribution in [-0.2, 0) is 5.75 Å². The van der Waals surface area contributed by atoms with Crippen molar-refractivity contribution in [2.45, 2.75) is 49.9 Å². The molecule has 1 fully saturated rings. The molecule has 0 amide bonds. The summed E-state index contributed by atoms with van der Waals surface area (Å²) in [4.78, 5) is 4.83. The summed E-state index contributed by atoms with van der Waals surface area (Å²) in [5.74, 6) is 2.28. The standard InChI is InChI=1S/C17H21ClN2O2S/c18-12-8-11(9-15-16(12)22-7-3-6-21-15)10-23-17-19-13-4-1-2-5-14(13)20-17/h8-9,13-14H,1-7,10H2,(H,19,20). The molecule has 4 nitrogen and oxygen atoms in total. The van der Waals surface area contributed by atoms with Gasteiger partial charge in [0.05, 0.1) is 30.3 Å². The second-order valence-corrected chi connectivity index (χ2v) is 7.65. The average Bonchev–Trinajstić information content (AvgIpc) is 2.82. The summed E-state index contributed by atoms with van der Waals surface area (Å²) in [5.41, 5.74) is 1.14. The van der Waals surface area contributed by atoms with Gasteiger partial charge in [0, 0.05) is 12.2 Å². The molecule has 1 aromatic carbocycles. The van der Waals surface area contributed by atoms with Gasteiger partial charge in [0.15, 0.2) is 16.7 Å². The Morgan fingerprint density at radius 1 is 1.17 bits per heavy atom. The number of rotatable bonds is 2. The van der Waals surface area contributed by atoms with E-state index in [2.05, 4.69) is 5.32 Å². The first kappa shape index (κ1) is 15.5. The van der Waals surface area contributed by atoms with Crippen LogP contribution >= 0.6 is 23.4 Å². The summed E-state index contributed by atoms with van der Waals surface area (Å²) in [5, 5.41) is 5.28. The van der Waals surface area contributed by atoms with E-state index in [1.807, 2.05) is 12.1 Å². The Morgan fingerprint density at radius 3 is 2.96 bits per heavy atom. The number of ether oxygens (including phenoxy) is 2. The molecule has 3 aliphatic rings. The van der Waals surface area contributed by atoms with E-state index in [0.717, 1.165) is 28.7 Å². The molecule has 2 heterocycles. The molecule has 6 heteroatoms. The number of fused-ring (bicyclic) bond motifs is 2. The summed E-state index contributed by atoms with van der Waals surface area (Å²) in [6, 6.07) is 5.06. The number of nitrogens with zero attached hydrogens (tertiary/aromatic N) is 1. The number of thioether (sulfide) groups is 1. The Bertz CT molecular complexity index is 623. The average molecular weight is 353 g/mol. The van der Waals surface area contributed by atoms with Crippen LogP contribution in [0.15, 0.2) is 17.1 Å². The molecule has 2 atom stereocenters. The molecule has 0 radical (unpaired) electrons. The van der Waals surface area contributed by atoms with E-state index >= 15 is 0 Å². The molecule has 1 aromatic rings. The summed E-state index contributed by atoms with van der Waals surface area (Å²) in [6.07, 6.45) is 5.98. The number of aliphatic imine (C=N–C) groups is 1. The van der Waals surface area contributed by atoms with Gasteiger partial charge in [-0.1, -0.05) is 36.2 Å². The molecule has 1 N–H and O–H groups in total. The molecular weight excluding hydrogens is 332 g/mol. The van der Waals surface area contributed by atoms with Gasteiger partial charge >= 0.3 is 0 Å². The van der Waals surface area contributed by atoms with Crippen molar-refractivity contribution in [3.63, 3.8) is 0 Å². The first-order chi connectivity index (χ1) is 11.3. The quantitative estimate of drug-likeness (QED) is 0.873. The minimum absolute atomic E-state index is 0.485. The minimum Gasteiger partial charge on any atom is -0.489 e. The smallest absolute Gasteiger partial charge is 0.179 e. The fraction of sp³-hybridized carbons (Fsp3) is 0.588. The second kappa shape index (κ2) is 6.81. The topological polar surface area (TPSA) is 42.9 Å². The fourth-order valence-electron chi connectivity index (χ4n) is 3.38. The lowest BCUT2D eigenvalue weighted by atomic mass is 9.92. The number of hydrogen-bond acceptors (Lipinski definition) is 5. The monoisotopic (exact) mass is 352 g/mol. The molecule has 0 spiro atoms. The lowest BCUT2D eigenvalue weighted by Crippen LogP contribution is -2.36. The van der Waals surface area contributed by atoms with E-state index in [1.54, 1.807) is 11.8 Å². The van der Waals surface area contributed by atoms with E-state index in [9.17, 15) is 0 Å². The highest BCUT2D eigenvalue weighted by Gasteiger charge is 2.30. The van der Waals surface area contributed by atoms with Gasteiger partial charge < -0.3 is 14.8 Å². The van der Waals surface area contributed by atoms with E-state index in [1.165, 1.54) is 25.7 Å². The van der Waals surface area contributed by atoms with E-state index in [0.29, 0.717) is 36.1 Å². The number of amidine groups is 1. The zero-order valence-electron chi connectivity index (χ0n) is 13.0. The minimum atomic E-state index is 0.485. The molecule has 2 unspecified atom stereocenters. The lowest BCUT2D eigenvalue weighted by Gasteiger charge is -2.23. The SMILES string of the molecule is Clc1cc(CSC2=NC3CCCCC3N2)cc2c1OCCCO2. The normalized spacial score (nSPS) is 26.0. The number of nitrogens with one attached hydrogen (secondary N) is 1. The maximum absolute atomic E-state index is 6.35. The number of hydrogen-bond donors (Lipinski definition) is 1. The largest absolute Gasteiger partial charge is 0.489 e. The molecule has 124 valence electrons. The van der Waals surface area contributed by atoms with Gasteiger partial charge in [-0.05, 0) is 30.5 Å². The molecule has 0 saturated heterocycles. The Kier molecular flexibility index (Phi) is 4.58. The van der Waals surface area contributed by atoms with Crippen molar-refractivity contribution in [2.75, 3.05) is 13.2 Å². The van der Waals surface area contributed by atoms with Crippen molar-refractivity contribution in [3.8, 4) is 11.5 Å². The third-order valence-electron chi connectivity index (χ3n) is 4.56. The van der Waals surface area contributed by atoms with Gasteiger partial charge in [-0.2, -0.15) is 0 Å². The predicted molar refractivity (Wildman–Crippen MR) is 95.0 cm³/mol. The fourth-order valence-corrected chi connectivity index (χ4v) is 4.58. The van der Waals surface area contributed by atoms with Gasteiger partial charge in [0.2, 0.25) is 0 Å². The van der Waals surface area contributed by atoms with Crippen molar-refractivity contribution in [1.29, 1.82) is 0 Å². The summed E-state index contributed by atoms with van der Waals surface area (Å²) in [7, 11) is 0. The van der Waals surface area contributed by atoms with Crippen LogP contribution in [0.5, 0.6) is 11.5 Å². The highest BCUT2D eigenvalue weighted by Crippen LogP contribution is 2.39. The molecule has 4 rings (SSSR count). The van der Waals surface area contributed by atoms with Crippen molar-refractivity contribution in [3.05, 3.63) is 22.7 Å². The molecule has 2 aliphatic heterocycles. The van der Waals surface area contributed by atoms with E-state index < -0.39 is 0 Å². The Labute approximate surface area is 146 Å². The van der Waals surface area contributed by atoms with Gasteiger partial charge in [0.1, 0.15) is 0 Å². The third kappa shape index (κ3) is 3.41. The van der Waals surface area contributed by atoms with Crippen LogP contribution in [0, 0.1) is 0 Å². The summed E-state index contributed by atoms with van der Waals surface area (Å²) < 4.78 is 11.4. The van der Waals surface area contributed by atoms with Crippen LogP contribution in [-0.4, -0.2) is 30.5 Å². The number of benzene rings is 1.